The smallest absolute Gasteiger partial charge is 0.272 e. The van der Waals surface area contributed by atoms with Crippen LogP contribution in [0.4, 0.5) is 14.5 Å². The Morgan fingerprint density at radius 1 is 0.885 bits per heavy atom. The molecule has 1 heterocycles. The van der Waals surface area contributed by atoms with Gasteiger partial charge >= 0.3 is 0 Å². The van der Waals surface area contributed by atoms with E-state index in [1.807, 2.05) is 25.3 Å². The van der Waals surface area contributed by atoms with Gasteiger partial charge in [-0.25, -0.2) is 8.78 Å². The number of halogens is 2. The van der Waals surface area contributed by atoms with E-state index < -0.39 is 0 Å². The van der Waals surface area contributed by atoms with E-state index in [0.29, 0.717) is 17.9 Å². The van der Waals surface area contributed by atoms with Crippen molar-refractivity contribution in [2.24, 2.45) is 0 Å². The fourth-order valence-electron chi connectivity index (χ4n) is 3.01. The topological polar surface area (TPSA) is 34.0 Å². The average Bonchev–Trinajstić information content (AvgIpc) is 2.83. The summed E-state index contributed by atoms with van der Waals surface area (Å²) in [6, 6.07) is 11.9. The summed E-state index contributed by atoms with van der Waals surface area (Å²) in [4.78, 5) is 12.9. The van der Waals surface area contributed by atoms with Crippen LogP contribution in [-0.2, 0) is 6.54 Å². The molecule has 0 aliphatic heterocycles. The Balaban J connectivity index is 1.95. The maximum atomic E-state index is 13.2. The van der Waals surface area contributed by atoms with Gasteiger partial charge in [0.2, 0.25) is 0 Å². The van der Waals surface area contributed by atoms with Crippen LogP contribution in [0.3, 0.4) is 0 Å². The number of anilines is 1. The molecule has 0 aliphatic carbocycles. The lowest BCUT2D eigenvalue weighted by molar-refractivity contribution is 0.101. The molecule has 134 valence electrons. The zero-order valence-corrected chi connectivity index (χ0v) is 14.9. The third-order valence-electron chi connectivity index (χ3n) is 4.71. The number of amides is 1. The molecule has 2 aromatic carbocycles. The van der Waals surface area contributed by atoms with Gasteiger partial charge in [0.1, 0.15) is 17.3 Å². The minimum absolute atomic E-state index is 0.257. The van der Waals surface area contributed by atoms with Crippen molar-refractivity contribution in [1.82, 2.24) is 4.57 Å². The Bertz CT molecular complexity index is 942. The van der Waals surface area contributed by atoms with Crippen LogP contribution in [0.25, 0.3) is 0 Å². The molecular formula is C21H20F2N2O. The summed E-state index contributed by atoms with van der Waals surface area (Å²) in [6.45, 7) is 6.30. The monoisotopic (exact) mass is 354 g/mol. The number of nitrogens with zero attached hydrogens (tertiary/aromatic N) is 1. The quantitative estimate of drug-likeness (QED) is 0.703. The number of carbonyl (C=O) groups excluding carboxylic acids is 1. The molecule has 0 aliphatic rings. The first-order chi connectivity index (χ1) is 12.4. The van der Waals surface area contributed by atoms with Crippen LogP contribution in [0.1, 0.15) is 32.9 Å². The SMILES string of the molecule is Cc1c(C)c(C(=O)Nc2ccc(F)cc2)n(Cc2ccc(F)cc2)c1C. The lowest BCUT2D eigenvalue weighted by atomic mass is 10.1. The van der Waals surface area contributed by atoms with E-state index >= 15 is 0 Å². The Morgan fingerprint density at radius 3 is 2.00 bits per heavy atom. The van der Waals surface area contributed by atoms with Crippen LogP contribution in [-0.4, -0.2) is 10.5 Å². The predicted molar refractivity (Wildman–Crippen MR) is 98.5 cm³/mol. The van der Waals surface area contributed by atoms with Crippen molar-refractivity contribution in [3.8, 4) is 0 Å². The van der Waals surface area contributed by atoms with Crippen LogP contribution >= 0.6 is 0 Å². The highest BCUT2D eigenvalue weighted by Crippen LogP contribution is 2.24. The maximum absolute atomic E-state index is 13.2. The number of rotatable bonds is 4. The Kier molecular flexibility index (Phi) is 4.89. The molecular weight excluding hydrogens is 334 g/mol. The van der Waals surface area contributed by atoms with Crippen LogP contribution in [0.5, 0.6) is 0 Å². The molecule has 0 atom stereocenters. The zero-order chi connectivity index (χ0) is 18.8. The Labute approximate surface area is 151 Å². The van der Waals surface area contributed by atoms with Gasteiger partial charge in [0, 0.05) is 17.9 Å². The number of hydrogen-bond acceptors (Lipinski definition) is 1. The normalized spacial score (nSPS) is 10.8. The van der Waals surface area contributed by atoms with Gasteiger partial charge in [0.15, 0.2) is 0 Å². The van der Waals surface area contributed by atoms with E-state index in [1.165, 1.54) is 36.4 Å². The molecule has 0 saturated heterocycles. The van der Waals surface area contributed by atoms with Gasteiger partial charge in [-0.15, -0.1) is 0 Å². The van der Waals surface area contributed by atoms with E-state index in [1.54, 1.807) is 12.1 Å². The second-order valence-electron chi connectivity index (χ2n) is 6.36. The fraction of sp³-hybridized carbons (Fsp3) is 0.190. The van der Waals surface area contributed by atoms with Gasteiger partial charge in [-0.05, 0) is 73.9 Å². The van der Waals surface area contributed by atoms with Crippen molar-refractivity contribution in [2.45, 2.75) is 27.3 Å². The lowest BCUT2D eigenvalue weighted by Gasteiger charge is -2.13. The van der Waals surface area contributed by atoms with Crippen LogP contribution < -0.4 is 5.32 Å². The van der Waals surface area contributed by atoms with Crippen molar-refractivity contribution in [1.29, 1.82) is 0 Å². The lowest BCUT2D eigenvalue weighted by Crippen LogP contribution is -2.19. The number of hydrogen-bond donors (Lipinski definition) is 1. The maximum Gasteiger partial charge on any atom is 0.272 e. The molecule has 0 saturated carbocycles. The first-order valence-corrected chi connectivity index (χ1v) is 8.34. The summed E-state index contributed by atoms with van der Waals surface area (Å²) in [5.41, 5.74) is 4.89. The zero-order valence-electron chi connectivity index (χ0n) is 14.9. The van der Waals surface area contributed by atoms with Crippen molar-refractivity contribution < 1.29 is 13.6 Å². The summed E-state index contributed by atoms with van der Waals surface area (Å²) < 4.78 is 28.1. The second kappa shape index (κ2) is 7.12. The van der Waals surface area contributed by atoms with E-state index in [9.17, 15) is 13.6 Å². The van der Waals surface area contributed by atoms with Gasteiger partial charge in [0.25, 0.3) is 5.91 Å². The van der Waals surface area contributed by atoms with E-state index in [4.69, 9.17) is 0 Å². The summed E-state index contributed by atoms with van der Waals surface area (Å²) in [5, 5.41) is 2.82. The molecule has 5 heteroatoms. The van der Waals surface area contributed by atoms with Crippen LogP contribution in [0.2, 0.25) is 0 Å². The third kappa shape index (κ3) is 3.52. The standard InChI is InChI=1S/C21H20F2N2O/c1-13-14(2)20(21(26)24-19-10-8-18(23)9-11-19)25(15(13)3)12-16-4-6-17(22)7-5-16/h4-11H,12H2,1-3H3,(H,24,26). The van der Waals surface area contributed by atoms with E-state index in [-0.39, 0.29) is 17.5 Å². The van der Waals surface area contributed by atoms with Gasteiger partial charge in [0.05, 0.1) is 0 Å². The molecule has 3 aromatic rings. The molecule has 1 amide bonds. The highest BCUT2D eigenvalue weighted by atomic mass is 19.1. The molecule has 0 radical (unpaired) electrons. The molecule has 0 fully saturated rings. The van der Waals surface area contributed by atoms with Crippen molar-refractivity contribution >= 4 is 11.6 Å². The largest absolute Gasteiger partial charge is 0.336 e. The molecule has 0 spiro atoms. The highest BCUT2D eigenvalue weighted by molar-refractivity contribution is 6.04. The molecule has 0 unspecified atom stereocenters. The number of aromatic nitrogens is 1. The van der Waals surface area contributed by atoms with Gasteiger partial charge in [-0.3, -0.25) is 4.79 Å². The summed E-state index contributed by atoms with van der Waals surface area (Å²) in [7, 11) is 0. The summed E-state index contributed by atoms with van der Waals surface area (Å²) in [5.74, 6) is -0.905. The van der Waals surface area contributed by atoms with Crippen molar-refractivity contribution in [2.75, 3.05) is 5.32 Å². The predicted octanol–water partition coefficient (Wildman–Crippen LogP) is 4.99. The molecule has 1 N–H and O–H groups in total. The minimum Gasteiger partial charge on any atom is -0.336 e. The fourth-order valence-corrected chi connectivity index (χ4v) is 3.01. The first kappa shape index (κ1) is 17.9. The Morgan fingerprint density at radius 2 is 1.42 bits per heavy atom. The summed E-state index contributed by atoms with van der Waals surface area (Å²) in [6.07, 6.45) is 0. The van der Waals surface area contributed by atoms with Gasteiger partial charge in [-0.2, -0.15) is 0 Å². The Hall–Kier alpha value is -2.95. The van der Waals surface area contributed by atoms with E-state index in [0.717, 1.165) is 22.4 Å². The number of carbonyl (C=O) groups is 1. The molecule has 3 nitrogen and oxygen atoms in total. The number of nitrogens with one attached hydrogen (secondary N) is 1. The third-order valence-corrected chi connectivity index (χ3v) is 4.71. The van der Waals surface area contributed by atoms with Gasteiger partial charge < -0.3 is 9.88 Å². The number of benzene rings is 2. The molecule has 1 aromatic heterocycles. The van der Waals surface area contributed by atoms with Crippen LogP contribution in [0, 0.1) is 32.4 Å². The minimum atomic E-state index is -0.356. The van der Waals surface area contributed by atoms with Crippen molar-refractivity contribution in [3.63, 3.8) is 0 Å². The van der Waals surface area contributed by atoms with E-state index in [2.05, 4.69) is 5.32 Å². The van der Waals surface area contributed by atoms with Gasteiger partial charge in [-0.1, -0.05) is 12.1 Å². The summed E-state index contributed by atoms with van der Waals surface area (Å²) >= 11 is 0. The second-order valence-corrected chi connectivity index (χ2v) is 6.36. The van der Waals surface area contributed by atoms with Crippen molar-refractivity contribution in [3.05, 3.63) is 88.2 Å². The highest BCUT2D eigenvalue weighted by Gasteiger charge is 2.21. The van der Waals surface area contributed by atoms with Crippen LogP contribution in [0.15, 0.2) is 48.5 Å². The molecule has 0 bridgehead atoms. The average molecular weight is 354 g/mol. The molecule has 3 rings (SSSR count). The molecule has 26 heavy (non-hydrogen) atoms. The first-order valence-electron chi connectivity index (χ1n) is 8.34.